The predicted molar refractivity (Wildman–Crippen MR) is 45.4 cm³/mol. The first kappa shape index (κ1) is 13.9. The molecule has 100 valence electrons. The Labute approximate surface area is 94.1 Å². The van der Waals surface area contributed by atoms with Crippen LogP contribution in [0.3, 0.4) is 0 Å². The van der Waals surface area contributed by atoms with E-state index in [1.54, 1.807) is 0 Å². The van der Waals surface area contributed by atoms with Gasteiger partial charge in [0.15, 0.2) is 0 Å². The van der Waals surface area contributed by atoms with Gasteiger partial charge >= 0.3 is 17.6 Å². The number of halogens is 5. The molecule has 0 fully saturated rings. The number of H-pyrrole nitrogens is 1. The molecule has 0 amide bonds. The summed E-state index contributed by atoms with van der Waals surface area (Å²) in [6.45, 7) is 0. The highest BCUT2D eigenvalue weighted by Gasteiger charge is 2.34. The summed E-state index contributed by atoms with van der Waals surface area (Å²) in [5.41, 5.74) is -4.69. The van der Waals surface area contributed by atoms with Crippen molar-refractivity contribution in [2.45, 2.75) is 12.8 Å². The fraction of sp³-hybridized carbons (Fsp3) is 0.286. The Morgan fingerprint density at radius 3 is 2.33 bits per heavy atom. The second-order valence-electron chi connectivity index (χ2n) is 2.87. The number of alkyl halides is 5. The van der Waals surface area contributed by atoms with E-state index >= 15 is 0 Å². The van der Waals surface area contributed by atoms with Crippen molar-refractivity contribution in [1.29, 1.82) is 0 Å². The molecule has 6 nitrogen and oxygen atoms in total. The number of rotatable bonds is 3. The van der Waals surface area contributed by atoms with Gasteiger partial charge in [0.25, 0.3) is 6.43 Å². The smallest absolute Gasteiger partial charge is 0.390 e. The lowest BCUT2D eigenvalue weighted by molar-refractivity contribution is -0.387. The second kappa shape index (κ2) is 4.58. The van der Waals surface area contributed by atoms with Crippen LogP contribution in [-0.4, -0.2) is 16.3 Å². The van der Waals surface area contributed by atoms with Crippen molar-refractivity contribution < 1.29 is 31.6 Å². The van der Waals surface area contributed by atoms with E-state index in [4.69, 9.17) is 0 Å². The van der Waals surface area contributed by atoms with E-state index in [2.05, 4.69) is 4.74 Å². The number of hydrogen-bond donors (Lipinski definition) is 1. The van der Waals surface area contributed by atoms with E-state index in [1.165, 1.54) is 4.98 Å². The number of ether oxygens (including phenoxy) is 1. The topological polar surface area (TPSA) is 85.2 Å². The van der Waals surface area contributed by atoms with Gasteiger partial charge in [-0.1, -0.05) is 0 Å². The number of pyridine rings is 1. The number of aromatic nitrogens is 1. The molecule has 0 atom stereocenters. The molecule has 0 unspecified atom stereocenters. The van der Waals surface area contributed by atoms with Crippen molar-refractivity contribution in [3.05, 3.63) is 32.1 Å². The molecule has 0 saturated carbocycles. The van der Waals surface area contributed by atoms with Gasteiger partial charge in [-0.05, 0) is 0 Å². The molecular weight excluding hydrogens is 271 g/mol. The number of hydrogen-bond acceptors (Lipinski definition) is 4. The number of nitro groups is 1. The van der Waals surface area contributed by atoms with Gasteiger partial charge in [0.1, 0.15) is 5.56 Å². The van der Waals surface area contributed by atoms with Crippen LogP contribution in [-0.2, 0) is 0 Å². The van der Waals surface area contributed by atoms with Gasteiger partial charge in [-0.25, -0.2) is 8.78 Å². The number of nitrogens with one attached hydrogen (secondary N) is 1. The maximum atomic E-state index is 12.4. The first-order valence-corrected chi connectivity index (χ1v) is 4.07. The van der Waals surface area contributed by atoms with E-state index in [-0.39, 0.29) is 6.07 Å². The van der Waals surface area contributed by atoms with Crippen LogP contribution < -0.4 is 10.3 Å². The van der Waals surface area contributed by atoms with Gasteiger partial charge in [0, 0.05) is 6.07 Å². The lowest BCUT2D eigenvalue weighted by atomic mass is 10.2. The van der Waals surface area contributed by atoms with Gasteiger partial charge in [0.05, 0.1) is 4.92 Å². The monoisotopic (exact) mass is 274 g/mol. The molecule has 0 aliphatic heterocycles. The summed E-state index contributed by atoms with van der Waals surface area (Å²) in [6, 6.07) is 0.0533. The molecule has 0 aliphatic carbocycles. The molecular formula is C7H3F5N2O4. The third kappa shape index (κ3) is 3.15. The molecule has 0 radical (unpaired) electrons. The van der Waals surface area contributed by atoms with Crippen LogP contribution in [0, 0.1) is 10.1 Å². The lowest BCUT2D eigenvalue weighted by Gasteiger charge is -2.09. The van der Waals surface area contributed by atoms with Crippen LogP contribution in [0.4, 0.5) is 27.6 Å². The molecule has 1 N–H and O–H groups in total. The van der Waals surface area contributed by atoms with Gasteiger partial charge in [-0.15, -0.1) is 13.2 Å². The first-order chi connectivity index (χ1) is 8.11. The van der Waals surface area contributed by atoms with Crippen molar-refractivity contribution in [2.24, 2.45) is 0 Å². The van der Waals surface area contributed by atoms with E-state index < -0.39 is 40.4 Å². The summed E-state index contributed by atoms with van der Waals surface area (Å²) in [7, 11) is 0. The lowest BCUT2D eigenvalue weighted by Crippen LogP contribution is -2.22. The molecule has 0 saturated heterocycles. The summed E-state index contributed by atoms with van der Waals surface area (Å²) >= 11 is 0. The zero-order valence-electron chi connectivity index (χ0n) is 8.12. The van der Waals surface area contributed by atoms with Crippen LogP contribution in [0.2, 0.25) is 0 Å². The zero-order valence-corrected chi connectivity index (χ0v) is 8.12. The Morgan fingerprint density at radius 1 is 1.39 bits per heavy atom. The van der Waals surface area contributed by atoms with E-state index in [9.17, 15) is 36.9 Å². The van der Waals surface area contributed by atoms with Crippen LogP contribution in [0.1, 0.15) is 12.0 Å². The second-order valence-corrected chi connectivity index (χ2v) is 2.87. The summed E-state index contributed by atoms with van der Waals surface area (Å²) in [4.78, 5) is 21.3. The molecule has 1 aromatic rings. The Hall–Kier alpha value is -2.20. The third-order valence-electron chi connectivity index (χ3n) is 1.66. The average Bonchev–Trinajstić information content (AvgIpc) is 2.12. The fourth-order valence-corrected chi connectivity index (χ4v) is 1.08. The summed E-state index contributed by atoms with van der Waals surface area (Å²) in [5.74, 6) is -1.35. The Morgan fingerprint density at radius 2 is 1.94 bits per heavy atom. The van der Waals surface area contributed by atoms with Crippen molar-refractivity contribution in [3.8, 4) is 5.88 Å². The highest BCUT2D eigenvalue weighted by Crippen LogP contribution is 2.29. The van der Waals surface area contributed by atoms with Crippen LogP contribution >= 0.6 is 0 Å². The Kier molecular flexibility index (Phi) is 3.53. The first-order valence-electron chi connectivity index (χ1n) is 4.07. The normalized spacial score (nSPS) is 11.7. The molecule has 0 bridgehead atoms. The number of aromatic amines is 1. The Bertz CT molecular complexity index is 524. The predicted octanol–water partition coefficient (Wildman–Crippen LogP) is 2.12. The molecule has 0 spiro atoms. The van der Waals surface area contributed by atoms with Crippen LogP contribution in [0.15, 0.2) is 10.9 Å². The highest BCUT2D eigenvalue weighted by atomic mass is 19.4. The van der Waals surface area contributed by atoms with Gasteiger partial charge in [-0.3, -0.25) is 19.9 Å². The maximum Gasteiger partial charge on any atom is 0.574 e. The minimum atomic E-state index is -5.22. The molecule has 1 aromatic heterocycles. The van der Waals surface area contributed by atoms with Crippen molar-refractivity contribution >= 4 is 5.69 Å². The molecule has 18 heavy (non-hydrogen) atoms. The minimum Gasteiger partial charge on any atom is -0.390 e. The SMILES string of the molecule is O=c1[nH]c(OC(F)(F)F)cc(C(F)F)c1[N+](=O)[O-]. The Balaban J connectivity index is 3.37. The summed E-state index contributed by atoms with van der Waals surface area (Å²) < 4.78 is 63.4. The van der Waals surface area contributed by atoms with Crippen molar-refractivity contribution in [2.75, 3.05) is 0 Å². The van der Waals surface area contributed by atoms with E-state index in [0.717, 1.165) is 0 Å². The van der Waals surface area contributed by atoms with Gasteiger partial charge < -0.3 is 4.74 Å². The molecule has 0 aromatic carbocycles. The van der Waals surface area contributed by atoms with Crippen molar-refractivity contribution in [3.63, 3.8) is 0 Å². The van der Waals surface area contributed by atoms with E-state index in [1.807, 2.05) is 0 Å². The van der Waals surface area contributed by atoms with Crippen molar-refractivity contribution in [1.82, 2.24) is 4.98 Å². The van der Waals surface area contributed by atoms with E-state index in [0.29, 0.717) is 0 Å². The zero-order chi connectivity index (χ0) is 14.1. The fourth-order valence-electron chi connectivity index (χ4n) is 1.08. The molecule has 11 heteroatoms. The standard InChI is InChI=1S/C7H3F5N2O4/c8-5(9)2-1-3(18-7(10,11)12)13-6(15)4(2)14(16)17/h1,5H,(H,13,15). The highest BCUT2D eigenvalue weighted by molar-refractivity contribution is 5.41. The summed E-state index contributed by atoms with van der Waals surface area (Å²) in [5, 5.41) is 10.3. The largest absolute Gasteiger partial charge is 0.574 e. The molecule has 1 heterocycles. The van der Waals surface area contributed by atoms with Gasteiger partial charge in [-0.2, -0.15) is 0 Å². The average molecular weight is 274 g/mol. The number of nitrogens with zero attached hydrogens (tertiary/aromatic N) is 1. The van der Waals surface area contributed by atoms with Gasteiger partial charge in [0.2, 0.25) is 5.88 Å². The molecule has 0 aliphatic rings. The third-order valence-corrected chi connectivity index (χ3v) is 1.66. The maximum absolute atomic E-state index is 12.4. The molecule has 1 rings (SSSR count). The quantitative estimate of drug-likeness (QED) is 0.519. The van der Waals surface area contributed by atoms with Crippen LogP contribution in [0.5, 0.6) is 5.88 Å². The van der Waals surface area contributed by atoms with Crippen LogP contribution in [0.25, 0.3) is 0 Å². The minimum absolute atomic E-state index is 0.0533. The summed E-state index contributed by atoms with van der Waals surface area (Å²) in [6.07, 6.45) is -8.72.